The zero-order valence-corrected chi connectivity index (χ0v) is 16.3. The van der Waals surface area contributed by atoms with Gasteiger partial charge in [0.15, 0.2) is 0 Å². The van der Waals surface area contributed by atoms with Crippen molar-refractivity contribution in [2.75, 3.05) is 60.8 Å². The lowest BCUT2D eigenvalue weighted by Crippen LogP contribution is -2.37. The van der Waals surface area contributed by atoms with Crippen molar-refractivity contribution >= 4 is 22.4 Å². The Morgan fingerprint density at radius 1 is 1.18 bits per heavy atom. The van der Waals surface area contributed by atoms with E-state index < -0.39 is 13.8 Å². The molecular weight excluding hydrogens is 328 g/mol. The van der Waals surface area contributed by atoms with Crippen LogP contribution in [-0.2, 0) is 23.1 Å². The highest BCUT2D eigenvalue weighted by Crippen LogP contribution is 2.37. The molecule has 0 aromatic carbocycles. The van der Waals surface area contributed by atoms with Crippen molar-refractivity contribution in [2.45, 2.75) is 6.92 Å². The molecule has 0 aliphatic heterocycles. The Morgan fingerprint density at radius 2 is 1.64 bits per heavy atom. The van der Waals surface area contributed by atoms with E-state index in [1.165, 1.54) is 6.92 Å². The molecular formula is C13H29NO6P2. The van der Waals surface area contributed by atoms with Crippen molar-refractivity contribution in [3.63, 3.8) is 0 Å². The number of carbonyl (C=O) groups excluding carboxylic acids is 1. The quantitative estimate of drug-likeness (QED) is 0.203. The van der Waals surface area contributed by atoms with Crippen molar-refractivity contribution in [3.8, 4) is 0 Å². The van der Waals surface area contributed by atoms with Crippen LogP contribution in [0.4, 0.5) is 0 Å². The standard InChI is InChI=1S/C11H22NO6P.C2H7P/c1-10(2)11(13)16-8-9-18-19(14,15)17-7-6-12(3,4)5;1-3-2/h1,6-9H2,2-5H3;3H,1-2H3. The number of phosphoric acid groups is 1. The van der Waals surface area contributed by atoms with Gasteiger partial charge < -0.3 is 23.2 Å². The predicted molar refractivity (Wildman–Crippen MR) is 88.3 cm³/mol. The Labute approximate surface area is 135 Å². The summed E-state index contributed by atoms with van der Waals surface area (Å²) >= 11 is 0. The molecule has 0 N–H and O–H groups in total. The molecule has 0 heterocycles. The number of hydrogen-bond acceptors (Lipinski definition) is 6. The van der Waals surface area contributed by atoms with Gasteiger partial charge in [-0.25, -0.2) is 4.79 Å². The topological polar surface area (TPSA) is 84.9 Å². The second-order valence-corrected chi connectivity index (χ2v) is 7.95. The smallest absolute Gasteiger partial charge is 0.333 e. The molecule has 0 saturated heterocycles. The van der Waals surface area contributed by atoms with E-state index in [9.17, 15) is 14.3 Å². The number of ether oxygens (including phenoxy) is 1. The van der Waals surface area contributed by atoms with Crippen molar-refractivity contribution in [3.05, 3.63) is 12.2 Å². The zero-order chi connectivity index (χ0) is 17.8. The first-order valence-electron chi connectivity index (χ1n) is 6.77. The molecule has 22 heavy (non-hydrogen) atoms. The minimum Gasteiger partial charge on any atom is -0.756 e. The van der Waals surface area contributed by atoms with Gasteiger partial charge in [-0.2, -0.15) is 0 Å². The van der Waals surface area contributed by atoms with E-state index in [1.54, 1.807) is 0 Å². The molecule has 0 aliphatic carbocycles. The molecule has 0 spiro atoms. The van der Waals surface area contributed by atoms with Gasteiger partial charge in [-0.05, 0) is 20.3 Å². The number of rotatable bonds is 9. The Balaban J connectivity index is 0. The summed E-state index contributed by atoms with van der Waals surface area (Å²) in [5, 5.41) is 0. The molecule has 0 radical (unpaired) electrons. The van der Waals surface area contributed by atoms with Gasteiger partial charge in [0.2, 0.25) is 0 Å². The Kier molecular flexibility index (Phi) is 13.3. The van der Waals surface area contributed by atoms with Crippen LogP contribution in [0.1, 0.15) is 6.92 Å². The second-order valence-electron chi connectivity index (χ2n) is 5.54. The molecule has 7 nitrogen and oxygen atoms in total. The van der Waals surface area contributed by atoms with Crippen molar-refractivity contribution in [1.29, 1.82) is 0 Å². The minimum atomic E-state index is -4.34. The first-order chi connectivity index (χ1) is 9.95. The lowest BCUT2D eigenvalue weighted by atomic mass is 10.4. The summed E-state index contributed by atoms with van der Waals surface area (Å²) in [6.45, 7) is 9.31. The average molecular weight is 357 g/mol. The van der Waals surface area contributed by atoms with Crippen LogP contribution in [-0.4, -0.2) is 71.3 Å². The molecule has 0 fully saturated rings. The molecule has 0 aliphatic rings. The van der Waals surface area contributed by atoms with Gasteiger partial charge in [-0.1, -0.05) is 6.58 Å². The number of carbonyl (C=O) groups is 1. The number of esters is 1. The normalized spacial score (nSPS) is 13.6. The Bertz CT molecular complexity index is 381. The molecule has 0 amide bonds. The molecule has 1 unspecified atom stereocenters. The highest BCUT2D eigenvalue weighted by molar-refractivity contribution is 7.45. The van der Waals surface area contributed by atoms with Crippen LogP contribution in [0.25, 0.3) is 0 Å². The van der Waals surface area contributed by atoms with Gasteiger partial charge in [-0.3, -0.25) is 4.57 Å². The monoisotopic (exact) mass is 357 g/mol. The maximum atomic E-state index is 11.3. The van der Waals surface area contributed by atoms with Crippen LogP contribution in [0.3, 0.4) is 0 Å². The lowest BCUT2D eigenvalue weighted by molar-refractivity contribution is -0.870. The number of phosphoric ester groups is 1. The third-order valence-corrected chi connectivity index (χ3v) is 2.92. The fraction of sp³-hybridized carbons (Fsp3) is 0.769. The molecule has 0 rings (SSSR count). The van der Waals surface area contributed by atoms with Gasteiger partial charge >= 0.3 is 5.97 Å². The van der Waals surface area contributed by atoms with Crippen molar-refractivity contribution in [1.82, 2.24) is 0 Å². The second kappa shape index (κ2) is 12.2. The van der Waals surface area contributed by atoms with E-state index in [-0.39, 0.29) is 25.4 Å². The average Bonchev–Trinajstić information content (AvgIpc) is 2.33. The highest BCUT2D eigenvalue weighted by atomic mass is 31.2. The molecule has 1 atom stereocenters. The summed E-state index contributed by atoms with van der Waals surface area (Å²) in [6, 6.07) is 0. The molecule has 0 bridgehead atoms. The maximum absolute atomic E-state index is 11.3. The van der Waals surface area contributed by atoms with Crippen LogP contribution in [0.15, 0.2) is 12.2 Å². The number of quaternary nitrogens is 1. The van der Waals surface area contributed by atoms with E-state index >= 15 is 0 Å². The van der Waals surface area contributed by atoms with E-state index in [0.717, 1.165) is 8.58 Å². The van der Waals surface area contributed by atoms with E-state index in [0.29, 0.717) is 11.0 Å². The molecule has 0 saturated carbocycles. The maximum Gasteiger partial charge on any atom is 0.333 e. The van der Waals surface area contributed by atoms with Crippen LogP contribution >= 0.6 is 16.4 Å². The number of nitrogens with zero attached hydrogens (tertiary/aromatic N) is 1. The first kappa shape index (κ1) is 24.0. The lowest BCUT2D eigenvalue weighted by Gasteiger charge is -2.27. The Morgan fingerprint density at radius 3 is 2.05 bits per heavy atom. The fourth-order valence-corrected chi connectivity index (χ4v) is 1.55. The third-order valence-electron chi connectivity index (χ3n) is 1.93. The molecule has 0 aromatic heterocycles. The van der Waals surface area contributed by atoms with Crippen LogP contribution in [0.5, 0.6) is 0 Å². The summed E-state index contributed by atoms with van der Waals surface area (Å²) in [4.78, 5) is 22.3. The van der Waals surface area contributed by atoms with E-state index in [1.807, 2.05) is 21.1 Å². The molecule has 9 heteroatoms. The largest absolute Gasteiger partial charge is 0.756 e. The van der Waals surface area contributed by atoms with Gasteiger partial charge in [0.05, 0.1) is 27.7 Å². The predicted octanol–water partition coefficient (Wildman–Crippen LogP) is 1.24. The third kappa shape index (κ3) is 17.8. The fourth-order valence-electron chi connectivity index (χ4n) is 0.870. The van der Waals surface area contributed by atoms with Crippen LogP contribution in [0, 0.1) is 0 Å². The minimum absolute atomic E-state index is 0.0375. The zero-order valence-electron chi connectivity index (χ0n) is 14.4. The van der Waals surface area contributed by atoms with Gasteiger partial charge in [0, 0.05) is 5.57 Å². The summed E-state index contributed by atoms with van der Waals surface area (Å²) in [6.07, 6.45) is 0. The number of likely N-dealkylation sites (N-methyl/N-ethyl adjacent to an activating group) is 1. The summed E-state index contributed by atoms with van der Waals surface area (Å²) in [5.74, 6) is -0.588. The van der Waals surface area contributed by atoms with E-state index in [2.05, 4.69) is 33.7 Å². The van der Waals surface area contributed by atoms with Gasteiger partial charge in [0.1, 0.15) is 19.8 Å². The van der Waals surface area contributed by atoms with E-state index in [4.69, 9.17) is 0 Å². The van der Waals surface area contributed by atoms with Crippen LogP contribution < -0.4 is 4.89 Å². The van der Waals surface area contributed by atoms with Crippen molar-refractivity contribution in [2.24, 2.45) is 0 Å². The van der Waals surface area contributed by atoms with Crippen molar-refractivity contribution < 1.29 is 32.5 Å². The summed E-state index contributed by atoms with van der Waals surface area (Å²) in [7, 11) is 2.49. The van der Waals surface area contributed by atoms with Gasteiger partial charge in [-0.15, -0.1) is 8.58 Å². The molecule has 0 aromatic rings. The van der Waals surface area contributed by atoms with Gasteiger partial charge in [0.25, 0.3) is 7.82 Å². The molecule has 132 valence electrons. The SMILES string of the molecule is C=C(C)C(=O)OCCOP(=O)([O-])OCC[N+](C)(C)C.CPC. The number of hydrogen-bond donors (Lipinski definition) is 0. The summed E-state index contributed by atoms with van der Waals surface area (Å²) in [5.41, 5.74) is 0.240. The summed E-state index contributed by atoms with van der Waals surface area (Å²) < 4.78 is 25.8. The highest BCUT2D eigenvalue weighted by Gasteiger charge is 2.13. The Hall–Kier alpha value is -0.290. The van der Waals surface area contributed by atoms with Crippen LogP contribution in [0.2, 0.25) is 0 Å². The first-order valence-corrected chi connectivity index (χ1v) is 10.2.